The van der Waals surface area contributed by atoms with Gasteiger partial charge in [-0.1, -0.05) is 91.0 Å². The molecule has 1 aliphatic carbocycles. The van der Waals surface area contributed by atoms with Gasteiger partial charge in [0.25, 0.3) is 0 Å². The zero-order chi connectivity index (χ0) is 27.9. The number of ketones is 2. The van der Waals surface area contributed by atoms with Crippen molar-refractivity contribution in [1.82, 2.24) is 4.90 Å². The maximum Gasteiger partial charge on any atom is 0.213 e. The summed E-state index contributed by atoms with van der Waals surface area (Å²) in [6.45, 7) is 4.85. The molecule has 1 aromatic heterocycles. The predicted molar refractivity (Wildman–Crippen MR) is 161 cm³/mol. The van der Waals surface area contributed by atoms with Crippen LogP contribution in [0.15, 0.2) is 145 Å². The summed E-state index contributed by atoms with van der Waals surface area (Å²) in [5, 5.41) is 1.15. The number of hydrogen-bond acceptors (Lipinski definition) is 3. The van der Waals surface area contributed by atoms with Gasteiger partial charge in [-0.15, -0.1) is 0 Å². The number of nitrogens with zero attached hydrogens (tertiary/aromatic N) is 2. The van der Waals surface area contributed by atoms with Gasteiger partial charge in [0.1, 0.15) is 0 Å². The number of benzene rings is 3. The van der Waals surface area contributed by atoms with Crippen LogP contribution in [0.25, 0.3) is 10.9 Å². The number of carbonyl (C=O) groups excluding carboxylic acids is 2. The van der Waals surface area contributed by atoms with Gasteiger partial charge in [0.15, 0.2) is 24.3 Å². The minimum absolute atomic E-state index is 0.0442. The van der Waals surface area contributed by atoms with Crippen LogP contribution in [-0.2, 0) is 17.9 Å². The van der Waals surface area contributed by atoms with Crippen molar-refractivity contribution in [2.45, 2.75) is 33.0 Å². The molecule has 2 aliphatic rings. The molecule has 3 aromatic carbocycles. The molecule has 6 rings (SSSR count). The molecule has 2 heterocycles. The normalized spacial score (nSPS) is 15.4. The number of hydrogen-bond donors (Lipinski definition) is 0. The summed E-state index contributed by atoms with van der Waals surface area (Å²) in [5.41, 5.74) is 6.37. The van der Waals surface area contributed by atoms with E-state index < -0.39 is 0 Å². The standard InChI is InChI=1S/C18H17NO.C18H16NO/c1-14(20)17-11-5-9-16-10-6-12-19(18(16)17)13-15-7-3-2-4-8-15;1-14(20)17-10-9-16-8-5-11-19(18(16)12-17)13-15-6-3-2-4-7-15/h2-12,18H,13H2,1H3;2-12H,13H2,1H3/q;+1. The van der Waals surface area contributed by atoms with Crippen LogP contribution in [0.3, 0.4) is 0 Å². The highest BCUT2D eigenvalue weighted by Crippen LogP contribution is 2.29. The van der Waals surface area contributed by atoms with Crippen LogP contribution in [0.4, 0.5) is 0 Å². The lowest BCUT2D eigenvalue weighted by Gasteiger charge is -2.36. The maximum atomic E-state index is 11.9. The molecule has 1 unspecified atom stereocenters. The number of Topliss-reactive ketones (excluding diaryl/α,β-unsaturated/α-hetero) is 2. The summed E-state index contributed by atoms with van der Waals surface area (Å²) >= 11 is 0. The van der Waals surface area contributed by atoms with Crippen LogP contribution in [-0.4, -0.2) is 22.5 Å². The highest BCUT2D eigenvalue weighted by atomic mass is 16.1. The Hall–Kier alpha value is -4.83. The quantitative estimate of drug-likeness (QED) is 0.206. The minimum Gasteiger partial charge on any atom is -0.362 e. The van der Waals surface area contributed by atoms with E-state index in [4.69, 9.17) is 0 Å². The number of pyridine rings is 1. The van der Waals surface area contributed by atoms with Crippen LogP contribution >= 0.6 is 0 Å². The fraction of sp³-hybridized carbons (Fsp3) is 0.139. The molecule has 0 saturated carbocycles. The van der Waals surface area contributed by atoms with Crippen molar-refractivity contribution >= 4 is 22.5 Å². The van der Waals surface area contributed by atoms with Crippen molar-refractivity contribution in [3.05, 3.63) is 162 Å². The topological polar surface area (TPSA) is 41.3 Å². The summed E-state index contributed by atoms with van der Waals surface area (Å²) in [7, 11) is 0. The third-order valence-corrected chi connectivity index (χ3v) is 7.17. The van der Waals surface area contributed by atoms with Gasteiger partial charge in [-0.25, -0.2) is 0 Å². The molecular weight excluding hydrogens is 492 g/mol. The zero-order valence-electron chi connectivity index (χ0n) is 22.9. The number of rotatable bonds is 6. The van der Waals surface area contributed by atoms with Gasteiger partial charge in [0, 0.05) is 47.0 Å². The van der Waals surface area contributed by atoms with E-state index in [1.165, 1.54) is 16.7 Å². The van der Waals surface area contributed by atoms with E-state index in [1.807, 2.05) is 78.9 Å². The molecule has 4 heteroatoms. The average molecular weight is 526 g/mol. The largest absolute Gasteiger partial charge is 0.362 e. The number of aromatic nitrogens is 1. The first-order valence-electron chi connectivity index (χ1n) is 13.5. The van der Waals surface area contributed by atoms with E-state index in [2.05, 4.69) is 64.3 Å². The van der Waals surface area contributed by atoms with Crippen LogP contribution in [0.1, 0.15) is 35.3 Å². The van der Waals surface area contributed by atoms with Crippen molar-refractivity contribution in [3.8, 4) is 0 Å². The van der Waals surface area contributed by atoms with Gasteiger partial charge < -0.3 is 4.90 Å². The Morgan fingerprint density at radius 2 is 1.50 bits per heavy atom. The van der Waals surface area contributed by atoms with Gasteiger partial charge >= 0.3 is 0 Å². The van der Waals surface area contributed by atoms with E-state index in [-0.39, 0.29) is 17.6 Å². The fourth-order valence-corrected chi connectivity index (χ4v) is 5.14. The summed E-state index contributed by atoms with van der Waals surface area (Å²) in [6.07, 6.45) is 14.2. The first kappa shape index (κ1) is 26.8. The highest BCUT2D eigenvalue weighted by Gasteiger charge is 2.28. The molecule has 40 heavy (non-hydrogen) atoms. The Balaban J connectivity index is 0.000000161. The highest BCUT2D eigenvalue weighted by molar-refractivity contribution is 5.97. The molecule has 4 nitrogen and oxygen atoms in total. The van der Waals surface area contributed by atoms with E-state index in [0.29, 0.717) is 0 Å². The second kappa shape index (κ2) is 12.4. The third-order valence-electron chi connectivity index (χ3n) is 7.17. The van der Waals surface area contributed by atoms with Gasteiger partial charge in [-0.2, -0.15) is 4.57 Å². The maximum absolute atomic E-state index is 11.9. The minimum atomic E-state index is 0.0442. The van der Waals surface area contributed by atoms with Gasteiger partial charge in [0.05, 0.1) is 6.04 Å². The molecule has 0 radical (unpaired) electrons. The second-order valence-corrected chi connectivity index (χ2v) is 10.1. The lowest BCUT2D eigenvalue weighted by atomic mass is 9.88. The predicted octanol–water partition coefficient (Wildman–Crippen LogP) is 6.77. The first-order chi connectivity index (χ1) is 19.5. The molecule has 0 bridgehead atoms. The Morgan fingerprint density at radius 3 is 2.20 bits per heavy atom. The Kier molecular flexibility index (Phi) is 8.26. The van der Waals surface area contributed by atoms with E-state index in [0.717, 1.165) is 35.1 Å². The summed E-state index contributed by atoms with van der Waals surface area (Å²) in [6, 6.07) is 30.7. The smallest absolute Gasteiger partial charge is 0.213 e. The molecule has 1 atom stereocenters. The molecule has 0 spiro atoms. The van der Waals surface area contributed by atoms with Crippen LogP contribution < -0.4 is 4.57 Å². The lowest BCUT2D eigenvalue weighted by molar-refractivity contribution is -0.662. The van der Waals surface area contributed by atoms with E-state index in [1.54, 1.807) is 13.8 Å². The zero-order valence-corrected chi connectivity index (χ0v) is 22.9. The first-order valence-corrected chi connectivity index (χ1v) is 13.5. The van der Waals surface area contributed by atoms with Gasteiger partial charge in [-0.05, 0) is 43.2 Å². The monoisotopic (exact) mass is 525 g/mol. The molecule has 0 saturated heterocycles. The SMILES string of the molecule is CC(=O)C1=CC=CC2=CC=CN(Cc3ccccc3)C21.CC(=O)c1ccc2ccc[n+](Cc3ccccc3)c2c1. The van der Waals surface area contributed by atoms with Crippen molar-refractivity contribution in [3.63, 3.8) is 0 Å². The van der Waals surface area contributed by atoms with Crippen LogP contribution in [0.5, 0.6) is 0 Å². The molecule has 0 fully saturated rings. The summed E-state index contributed by atoms with van der Waals surface area (Å²) in [5.74, 6) is 0.237. The van der Waals surface area contributed by atoms with Crippen molar-refractivity contribution in [1.29, 1.82) is 0 Å². The number of allylic oxidation sites excluding steroid dienone is 4. The Morgan fingerprint density at radius 1 is 0.775 bits per heavy atom. The molecule has 1 aliphatic heterocycles. The number of carbonyl (C=O) groups is 2. The molecular formula is C36H33N2O2+. The van der Waals surface area contributed by atoms with Crippen LogP contribution in [0, 0.1) is 0 Å². The van der Waals surface area contributed by atoms with E-state index in [9.17, 15) is 9.59 Å². The molecule has 0 N–H and O–H groups in total. The number of fused-ring (bicyclic) bond motifs is 2. The fourth-order valence-electron chi connectivity index (χ4n) is 5.14. The van der Waals surface area contributed by atoms with Gasteiger partial charge in [-0.3, -0.25) is 9.59 Å². The summed E-state index contributed by atoms with van der Waals surface area (Å²) in [4.78, 5) is 25.6. The third kappa shape index (κ3) is 6.24. The molecule has 4 aromatic rings. The van der Waals surface area contributed by atoms with Crippen molar-refractivity contribution < 1.29 is 14.2 Å². The second-order valence-electron chi connectivity index (χ2n) is 10.1. The summed E-state index contributed by atoms with van der Waals surface area (Å²) < 4.78 is 2.18. The van der Waals surface area contributed by atoms with Crippen molar-refractivity contribution in [2.24, 2.45) is 0 Å². The Bertz CT molecular complexity index is 1650. The average Bonchev–Trinajstić information content (AvgIpc) is 2.98. The van der Waals surface area contributed by atoms with Gasteiger partial charge in [0.2, 0.25) is 5.52 Å². The molecule has 0 amide bonds. The van der Waals surface area contributed by atoms with E-state index >= 15 is 0 Å². The lowest BCUT2D eigenvalue weighted by Crippen LogP contribution is -2.37. The molecule has 198 valence electrons. The van der Waals surface area contributed by atoms with Crippen LogP contribution in [0.2, 0.25) is 0 Å². The van der Waals surface area contributed by atoms with Crippen molar-refractivity contribution in [2.75, 3.05) is 0 Å². The Labute approximate surface area is 235 Å².